The van der Waals surface area contributed by atoms with Gasteiger partial charge in [-0.25, -0.2) is 0 Å². The molecule has 0 radical (unpaired) electrons. The summed E-state index contributed by atoms with van der Waals surface area (Å²) >= 11 is 6.20. The van der Waals surface area contributed by atoms with Crippen molar-refractivity contribution in [2.75, 3.05) is 7.11 Å². The lowest BCUT2D eigenvalue weighted by molar-refractivity contribution is 0.404. The zero-order chi connectivity index (χ0) is 13.8. The zero-order valence-corrected chi connectivity index (χ0v) is 11.8. The molecule has 0 spiro atoms. The molecule has 2 aromatic rings. The normalized spacial score (nSPS) is 12.4. The van der Waals surface area contributed by atoms with Gasteiger partial charge in [-0.2, -0.15) is 5.10 Å². The van der Waals surface area contributed by atoms with Gasteiger partial charge in [-0.1, -0.05) is 18.5 Å². The van der Waals surface area contributed by atoms with Gasteiger partial charge in [0.05, 0.1) is 36.3 Å². The van der Waals surface area contributed by atoms with Gasteiger partial charge < -0.3 is 10.5 Å². The van der Waals surface area contributed by atoms with Crippen LogP contribution in [0.4, 0.5) is 0 Å². The van der Waals surface area contributed by atoms with Gasteiger partial charge in [0.1, 0.15) is 5.75 Å². The minimum absolute atomic E-state index is 0.389. The molecule has 0 aliphatic rings. The fourth-order valence-corrected chi connectivity index (χ4v) is 2.30. The van der Waals surface area contributed by atoms with Gasteiger partial charge in [0.2, 0.25) is 0 Å². The number of hydrogen-bond acceptors (Lipinski definition) is 4. The van der Waals surface area contributed by atoms with Crippen LogP contribution in [-0.4, -0.2) is 21.9 Å². The van der Waals surface area contributed by atoms with E-state index in [2.05, 4.69) is 17.0 Å². The first-order valence-electron chi connectivity index (χ1n) is 6.13. The van der Waals surface area contributed by atoms with E-state index in [1.54, 1.807) is 25.7 Å². The van der Waals surface area contributed by atoms with E-state index >= 15 is 0 Å². The Kier molecular flexibility index (Phi) is 4.39. The van der Waals surface area contributed by atoms with Gasteiger partial charge >= 0.3 is 0 Å². The lowest BCUT2D eigenvalue weighted by atomic mass is 10.1. The quantitative estimate of drug-likeness (QED) is 0.913. The SMILES string of the molecule is CCCn1ncc(Cl)c1C(N)c1ccncc1OC. The van der Waals surface area contributed by atoms with Crippen molar-refractivity contribution >= 4 is 11.6 Å². The molecule has 0 amide bonds. The maximum atomic E-state index is 6.32. The second-order valence-electron chi connectivity index (χ2n) is 4.20. The standard InChI is InChI=1S/C13H17ClN4O/c1-3-6-18-13(10(14)7-17-18)12(15)9-4-5-16-8-11(9)19-2/h4-5,7-8,12H,3,6,15H2,1-2H3. The van der Waals surface area contributed by atoms with Crippen LogP contribution in [-0.2, 0) is 6.54 Å². The number of nitrogens with zero attached hydrogens (tertiary/aromatic N) is 3. The van der Waals surface area contributed by atoms with Crippen LogP contribution in [0.3, 0.4) is 0 Å². The maximum absolute atomic E-state index is 6.32. The Morgan fingerprint density at radius 2 is 2.26 bits per heavy atom. The second kappa shape index (κ2) is 6.04. The molecule has 2 aromatic heterocycles. The summed E-state index contributed by atoms with van der Waals surface area (Å²) in [6, 6.07) is 1.45. The molecule has 2 rings (SSSR count). The number of aromatic nitrogens is 3. The number of methoxy groups -OCH3 is 1. The lowest BCUT2D eigenvalue weighted by Gasteiger charge is -2.17. The first-order chi connectivity index (χ1) is 9.19. The fraction of sp³-hybridized carbons (Fsp3) is 0.385. The minimum Gasteiger partial charge on any atom is -0.495 e. The maximum Gasteiger partial charge on any atom is 0.142 e. The van der Waals surface area contributed by atoms with Crippen molar-refractivity contribution in [2.24, 2.45) is 5.73 Å². The van der Waals surface area contributed by atoms with Crippen molar-refractivity contribution < 1.29 is 4.74 Å². The summed E-state index contributed by atoms with van der Waals surface area (Å²) < 4.78 is 7.13. The Labute approximate surface area is 117 Å². The molecular weight excluding hydrogens is 264 g/mol. The number of rotatable bonds is 5. The van der Waals surface area contributed by atoms with Crippen molar-refractivity contribution in [3.63, 3.8) is 0 Å². The van der Waals surface area contributed by atoms with Crippen molar-refractivity contribution in [2.45, 2.75) is 25.9 Å². The summed E-state index contributed by atoms with van der Waals surface area (Å²) in [5, 5.41) is 4.83. The smallest absolute Gasteiger partial charge is 0.142 e. The average Bonchev–Trinajstić information content (AvgIpc) is 2.79. The van der Waals surface area contributed by atoms with Crippen LogP contribution in [0.2, 0.25) is 5.02 Å². The highest BCUT2D eigenvalue weighted by molar-refractivity contribution is 6.31. The van der Waals surface area contributed by atoms with Gasteiger partial charge in [0.25, 0.3) is 0 Å². The summed E-state index contributed by atoms with van der Waals surface area (Å²) in [6.07, 6.45) is 5.92. The molecule has 2 heterocycles. The number of ether oxygens (including phenoxy) is 1. The van der Waals surface area contributed by atoms with Crippen LogP contribution in [0.1, 0.15) is 30.6 Å². The Bertz CT molecular complexity index is 555. The van der Waals surface area contributed by atoms with Crippen LogP contribution < -0.4 is 10.5 Å². The van der Waals surface area contributed by atoms with E-state index in [0.717, 1.165) is 24.2 Å². The van der Waals surface area contributed by atoms with E-state index in [9.17, 15) is 0 Å². The highest BCUT2D eigenvalue weighted by atomic mass is 35.5. The van der Waals surface area contributed by atoms with Crippen molar-refractivity contribution in [3.8, 4) is 5.75 Å². The predicted molar refractivity (Wildman–Crippen MR) is 74.3 cm³/mol. The van der Waals surface area contributed by atoms with Gasteiger partial charge in [0.15, 0.2) is 0 Å². The molecule has 6 heteroatoms. The van der Waals surface area contributed by atoms with Crippen LogP contribution in [0.25, 0.3) is 0 Å². The van der Waals surface area contributed by atoms with E-state index in [1.165, 1.54) is 0 Å². The zero-order valence-electron chi connectivity index (χ0n) is 11.0. The van der Waals surface area contributed by atoms with E-state index < -0.39 is 0 Å². The summed E-state index contributed by atoms with van der Waals surface area (Å²) in [5.41, 5.74) is 7.96. The third-order valence-corrected chi connectivity index (χ3v) is 3.23. The Morgan fingerprint density at radius 1 is 1.47 bits per heavy atom. The molecule has 19 heavy (non-hydrogen) atoms. The largest absolute Gasteiger partial charge is 0.495 e. The molecule has 0 saturated heterocycles. The summed E-state index contributed by atoms with van der Waals surface area (Å²) in [5.74, 6) is 0.648. The first-order valence-corrected chi connectivity index (χ1v) is 6.51. The third-order valence-electron chi connectivity index (χ3n) is 2.93. The Balaban J connectivity index is 2.43. The molecule has 0 bridgehead atoms. The number of hydrogen-bond donors (Lipinski definition) is 1. The Morgan fingerprint density at radius 3 is 2.95 bits per heavy atom. The van der Waals surface area contributed by atoms with Crippen molar-refractivity contribution in [3.05, 3.63) is 40.9 Å². The van der Waals surface area contributed by atoms with Crippen molar-refractivity contribution in [1.29, 1.82) is 0 Å². The molecule has 1 atom stereocenters. The monoisotopic (exact) mass is 280 g/mol. The molecule has 0 fully saturated rings. The van der Waals surface area contributed by atoms with Crippen LogP contribution >= 0.6 is 11.6 Å². The van der Waals surface area contributed by atoms with E-state index in [1.807, 2.05) is 10.7 Å². The van der Waals surface area contributed by atoms with E-state index in [0.29, 0.717) is 10.8 Å². The molecule has 0 aliphatic carbocycles. The average molecular weight is 281 g/mol. The Hall–Kier alpha value is -1.59. The molecule has 5 nitrogen and oxygen atoms in total. The lowest BCUT2D eigenvalue weighted by Crippen LogP contribution is -2.19. The van der Waals surface area contributed by atoms with Crippen LogP contribution in [0.5, 0.6) is 5.75 Å². The van der Waals surface area contributed by atoms with Crippen LogP contribution in [0.15, 0.2) is 24.7 Å². The number of pyridine rings is 1. The summed E-state index contributed by atoms with van der Waals surface area (Å²) in [6.45, 7) is 2.86. The number of halogens is 1. The second-order valence-corrected chi connectivity index (χ2v) is 4.60. The van der Waals surface area contributed by atoms with Gasteiger partial charge in [-0.05, 0) is 12.5 Å². The van der Waals surface area contributed by atoms with Gasteiger partial charge in [0, 0.05) is 18.3 Å². The molecule has 0 aromatic carbocycles. The molecular formula is C13H17ClN4O. The first kappa shape index (κ1) is 13.8. The third kappa shape index (κ3) is 2.72. The minimum atomic E-state index is -0.389. The molecule has 102 valence electrons. The van der Waals surface area contributed by atoms with E-state index in [-0.39, 0.29) is 6.04 Å². The molecule has 0 saturated carbocycles. The van der Waals surface area contributed by atoms with Gasteiger partial charge in [-0.15, -0.1) is 0 Å². The summed E-state index contributed by atoms with van der Waals surface area (Å²) in [7, 11) is 1.60. The molecule has 1 unspecified atom stereocenters. The highest BCUT2D eigenvalue weighted by Crippen LogP contribution is 2.31. The highest BCUT2D eigenvalue weighted by Gasteiger charge is 2.21. The van der Waals surface area contributed by atoms with Crippen LogP contribution in [0, 0.1) is 0 Å². The summed E-state index contributed by atoms with van der Waals surface area (Å²) in [4.78, 5) is 4.03. The number of aryl methyl sites for hydroxylation is 1. The predicted octanol–water partition coefficient (Wildman–Crippen LogP) is 2.40. The molecule has 2 N–H and O–H groups in total. The van der Waals surface area contributed by atoms with Crippen molar-refractivity contribution in [1.82, 2.24) is 14.8 Å². The van der Waals surface area contributed by atoms with E-state index in [4.69, 9.17) is 22.1 Å². The fourth-order valence-electron chi connectivity index (χ4n) is 2.04. The number of nitrogens with two attached hydrogens (primary N) is 1. The van der Waals surface area contributed by atoms with Gasteiger partial charge in [-0.3, -0.25) is 9.67 Å². The molecule has 0 aliphatic heterocycles. The topological polar surface area (TPSA) is 66.0 Å².